The van der Waals surface area contributed by atoms with Gasteiger partial charge in [-0.05, 0) is 46.8 Å². The van der Waals surface area contributed by atoms with Crippen molar-refractivity contribution in [3.8, 4) is 0 Å². The van der Waals surface area contributed by atoms with Crippen LogP contribution in [0.2, 0.25) is 0 Å². The van der Waals surface area contributed by atoms with E-state index in [0.717, 1.165) is 53.8 Å². The summed E-state index contributed by atoms with van der Waals surface area (Å²) in [7, 11) is 0. The molecular formula is C20H25BrN4O. The van der Waals surface area contributed by atoms with Crippen LogP contribution in [0.5, 0.6) is 0 Å². The molecule has 0 unspecified atom stereocenters. The number of carbonyl (C=O) groups excluding carboxylic acids is 1. The molecule has 4 rings (SSSR count). The molecule has 1 aliphatic carbocycles. The van der Waals surface area contributed by atoms with Crippen LogP contribution in [0, 0.1) is 5.92 Å². The minimum absolute atomic E-state index is 0.346. The number of piperazine rings is 1. The smallest absolute Gasteiger partial charge is 0.222 e. The van der Waals surface area contributed by atoms with Crippen LogP contribution in [-0.2, 0) is 4.79 Å². The predicted octanol–water partition coefficient (Wildman–Crippen LogP) is 4.01. The lowest BCUT2D eigenvalue weighted by molar-refractivity contribution is -0.132. The van der Waals surface area contributed by atoms with Crippen LogP contribution in [0.25, 0.3) is 11.0 Å². The summed E-state index contributed by atoms with van der Waals surface area (Å²) < 4.78 is 0.938. The minimum atomic E-state index is 0.346. The van der Waals surface area contributed by atoms with Crippen molar-refractivity contribution in [3.63, 3.8) is 0 Å². The molecule has 0 N–H and O–H groups in total. The summed E-state index contributed by atoms with van der Waals surface area (Å²) >= 11 is 3.46. The number of amides is 1. The van der Waals surface area contributed by atoms with Crippen molar-refractivity contribution >= 4 is 38.6 Å². The molecule has 3 heterocycles. The molecule has 2 aromatic rings. The predicted molar refractivity (Wildman–Crippen MR) is 107 cm³/mol. The maximum atomic E-state index is 12.6. The molecule has 0 aromatic carbocycles. The zero-order chi connectivity index (χ0) is 17.9. The highest BCUT2D eigenvalue weighted by Gasteiger charge is 2.25. The van der Waals surface area contributed by atoms with Crippen molar-refractivity contribution in [1.82, 2.24) is 14.9 Å². The van der Waals surface area contributed by atoms with Gasteiger partial charge in [0.15, 0.2) is 0 Å². The molecule has 2 fully saturated rings. The Morgan fingerprint density at radius 2 is 1.88 bits per heavy atom. The highest BCUT2D eigenvalue weighted by Crippen LogP contribution is 2.28. The van der Waals surface area contributed by atoms with Gasteiger partial charge in [0.2, 0.25) is 5.91 Å². The Hall–Kier alpha value is -1.69. The molecule has 1 saturated heterocycles. The van der Waals surface area contributed by atoms with E-state index >= 15 is 0 Å². The summed E-state index contributed by atoms with van der Waals surface area (Å²) in [6.07, 6.45) is 10.8. The number of rotatable bonds is 3. The zero-order valence-electron chi connectivity index (χ0n) is 15.0. The standard InChI is InChI=1S/C20H25BrN4O/c21-16-13-17-20(23-14-16)18(6-7-22-17)24-8-10-25(11-9-24)19(26)12-15-4-2-1-3-5-15/h6-7,13-15H,1-5,8-12H2. The number of hydrogen-bond donors (Lipinski definition) is 0. The molecule has 0 atom stereocenters. The molecule has 2 aromatic heterocycles. The van der Waals surface area contributed by atoms with Crippen LogP contribution in [0.3, 0.4) is 0 Å². The molecule has 1 amide bonds. The molecule has 2 aliphatic rings. The van der Waals surface area contributed by atoms with Crippen molar-refractivity contribution < 1.29 is 4.79 Å². The van der Waals surface area contributed by atoms with Crippen LogP contribution < -0.4 is 4.90 Å². The van der Waals surface area contributed by atoms with E-state index in [1.54, 1.807) is 0 Å². The van der Waals surface area contributed by atoms with Crippen molar-refractivity contribution in [2.24, 2.45) is 5.92 Å². The first kappa shape index (κ1) is 17.7. The zero-order valence-corrected chi connectivity index (χ0v) is 16.6. The Labute approximate surface area is 162 Å². The quantitative estimate of drug-likeness (QED) is 0.757. The summed E-state index contributed by atoms with van der Waals surface area (Å²) in [6.45, 7) is 3.30. The summed E-state index contributed by atoms with van der Waals surface area (Å²) in [5.74, 6) is 0.958. The van der Waals surface area contributed by atoms with Crippen molar-refractivity contribution in [2.75, 3.05) is 31.1 Å². The Kier molecular flexibility index (Phi) is 5.38. The lowest BCUT2D eigenvalue weighted by Gasteiger charge is -2.37. The molecule has 138 valence electrons. The number of anilines is 1. The van der Waals surface area contributed by atoms with E-state index in [4.69, 9.17) is 0 Å². The highest BCUT2D eigenvalue weighted by atomic mass is 79.9. The fourth-order valence-corrected chi connectivity index (χ4v) is 4.53. The van der Waals surface area contributed by atoms with E-state index in [-0.39, 0.29) is 0 Å². The molecule has 6 heteroatoms. The van der Waals surface area contributed by atoms with Gasteiger partial charge < -0.3 is 9.80 Å². The number of nitrogens with zero attached hydrogens (tertiary/aromatic N) is 4. The first-order chi connectivity index (χ1) is 12.7. The first-order valence-electron chi connectivity index (χ1n) is 9.64. The van der Waals surface area contributed by atoms with Gasteiger partial charge in [0.25, 0.3) is 0 Å². The molecule has 5 nitrogen and oxygen atoms in total. The molecule has 0 spiro atoms. The van der Waals surface area contributed by atoms with Crippen LogP contribution in [0.15, 0.2) is 29.0 Å². The number of fused-ring (bicyclic) bond motifs is 1. The monoisotopic (exact) mass is 416 g/mol. The average molecular weight is 417 g/mol. The fraction of sp³-hybridized carbons (Fsp3) is 0.550. The number of pyridine rings is 2. The van der Waals surface area contributed by atoms with Crippen molar-refractivity contribution in [2.45, 2.75) is 38.5 Å². The second kappa shape index (κ2) is 7.91. The summed E-state index contributed by atoms with van der Waals surface area (Å²) in [5.41, 5.74) is 2.94. The van der Waals surface area contributed by atoms with E-state index in [2.05, 4.69) is 35.7 Å². The number of carbonyl (C=O) groups is 1. The van der Waals surface area contributed by atoms with Gasteiger partial charge in [0, 0.05) is 49.5 Å². The second-order valence-corrected chi connectivity index (χ2v) is 8.34. The maximum Gasteiger partial charge on any atom is 0.222 e. The fourth-order valence-electron chi connectivity index (χ4n) is 4.21. The van der Waals surface area contributed by atoms with E-state index in [0.29, 0.717) is 11.8 Å². The topological polar surface area (TPSA) is 49.3 Å². The molecular weight excluding hydrogens is 392 g/mol. The molecule has 1 aliphatic heterocycles. The van der Waals surface area contributed by atoms with E-state index < -0.39 is 0 Å². The maximum absolute atomic E-state index is 12.6. The number of hydrogen-bond acceptors (Lipinski definition) is 4. The van der Waals surface area contributed by atoms with Gasteiger partial charge >= 0.3 is 0 Å². The summed E-state index contributed by atoms with van der Waals surface area (Å²) in [5, 5.41) is 0. The van der Waals surface area contributed by atoms with E-state index in [1.165, 1.54) is 32.1 Å². The highest BCUT2D eigenvalue weighted by molar-refractivity contribution is 9.10. The second-order valence-electron chi connectivity index (χ2n) is 7.43. The van der Waals surface area contributed by atoms with Gasteiger partial charge in [-0.25, -0.2) is 0 Å². The third-order valence-corrected chi connectivity index (χ3v) is 6.12. The lowest BCUT2D eigenvalue weighted by Crippen LogP contribution is -2.49. The van der Waals surface area contributed by atoms with E-state index in [9.17, 15) is 4.79 Å². The lowest BCUT2D eigenvalue weighted by atomic mass is 9.86. The Morgan fingerprint density at radius 1 is 1.12 bits per heavy atom. The SMILES string of the molecule is O=C(CC1CCCCC1)N1CCN(c2ccnc3cc(Br)cnc23)CC1. The van der Waals surface area contributed by atoms with Gasteiger partial charge in [0.1, 0.15) is 5.52 Å². The van der Waals surface area contributed by atoms with Crippen LogP contribution >= 0.6 is 15.9 Å². The van der Waals surface area contributed by atoms with E-state index in [1.807, 2.05) is 24.5 Å². The van der Waals surface area contributed by atoms with Gasteiger partial charge in [-0.15, -0.1) is 0 Å². The summed E-state index contributed by atoms with van der Waals surface area (Å²) in [4.78, 5) is 26.0. The van der Waals surface area contributed by atoms with Gasteiger partial charge in [-0.1, -0.05) is 19.3 Å². The number of aromatic nitrogens is 2. The Balaban J connectivity index is 1.40. The molecule has 26 heavy (non-hydrogen) atoms. The molecule has 0 bridgehead atoms. The van der Waals surface area contributed by atoms with Crippen LogP contribution in [-0.4, -0.2) is 47.0 Å². The van der Waals surface area contributed by atoms with Crippen molar-refractivity contribution in [1.29, 1.82) is 0 Å². The Morgan fingerprint density at radius 3 is 2.65 bits per heavy atom. The average Bonchev–Trinajstić information content (AvgIpc) is 2.68. The minimum Gasteiger partial charge on any atom is -0.366 e. The molecule has 1 saturated carbocycles. The van der Waals surface area contributed by atoms with Crippen LogP contribution in [0.1, 0.15) is 38.5 Å². The third kappa shape index (κ3) is 3.85. The van der Waals surface area contributed by atoms with Crippen LogP contribution in [0.4, 0.5) is 5.69 Å². The van der Waals surface area contributed by atoms with Gasteiger partial charge in [-0.3, -0.25) is 14.8 Å². The third-order valence-electron chi connectivity index (χ3n) is 5.68. The van der Waals surface area contributed by atoms with Crippen molar-refractivity contribution in [3.05, 3.63) is 29.0 Å². The largest absolute Gasteiger partial charge is 0.366 e. The normalized spacial score (nSPS) is 19.1. The number of halogens is 1. The van der Waals surface area contributed by atoms with Gasteiger partial charge in [-0.2, -0.15) is 0 Å². The summed E-state index contributed by atoms with van der Waals surface area (Å²) in [6, 6.07) is 4.03. The molecule has 0 radical (unpaired) electrons. The van der Waals surface area contributed by atoms with Gasteiger partial charge in [0.05, 0.1) is 11.2 Å². The first-order valence-corrected chi connectivity index (χ1v) is 10.4. The Bertz CT molecular complexity index is 782.